The minimum Gasteiger partial charge on any atom is -0.396 e. The molecule has 1 atom stereocenters. The van der Waals surface area contributed by atoms with Crippen LogP contribution < -0.4 is 0 Å². The fourth-order valence-electron chi connectivity index (χ4n) is 1.72. The van der Waals surface area contributed by atoms with Crippen LogP contribution in [0.25, 0.3) is 0 Å². The van der Waals surface area contributed by atoms with E-state index in [2.05, 4.69) is 0 Å². The summed E-state index contributed by atoms with van der Waals surface area (Å²) in [4.78, 5) is 0. The van der Waals surface area contributed by atoms with E-state index in [9.17, 15) is 8.42 Å². The standard InChI is InChI=1S/C8H17NO4S/c1-13-7-8(3-5-10)9-4-2-6-14(9,11)12/h8,10H,2-7H2,1H3. The Morgan fingerprint density at radius 3 is 2.71 bits per heavy atom. The number of sulfonamides is 1. The van der Waals surface area contributed by atoms with Crippen LogP contribution in [-0.4, -0.2) is 56.5 Å². The molecule has 1 unspecified atom stereocenters. The van der Waals surface area contributed by atoms with Crippen molar-refractivity contribution in [1.82, 2.24) is 4.31 Å². The summed E-state index contributed by atoms with van der Waals surface area (Å²) in [7, 11) is -1.55. The zero-order valence-electron chi connectivity index (χ0n) is 8.35. The molecule has 1 aliphatic rings. The molecular formula is C8H17NO4S. The van der Waals surface area contributed by atoms with Crippen molar-refractivity contribution in [3.63, 3.8) is 0 Å². The summed E-state index contributed by atoms with van der Waals surface area (Å²) in [5, 5.41) is 8.82. The van der Waals surface area contributed by atoms with Gasteiger partial charge in [-0.15, -0.1) is 0 Å². The van der Waals surface area contributed by atoms with Crippen LogP contribution in [0.2, 0.25) is 0 Å². The van der Waals surface area contributed by atoms with Crippen LogP contribution >= 0.6 is 0 Å². The van der Waals surface area contributed by atoms with Crippen LogP contribution in [0.15, 0.2) is 0 Å². The summed E-state index contributed by atoms with van der Waals surface area (Å²) in [6, 6.07) is -0.211. The molecule has 0 amide bonds. The summed E-state index contributed by atoms with van der Waals surface area (Å²) in [5.41, 5.74) is 0. The number of aliphatic hydroxyl groups excluding tert-OH is 1. The highest BCUT2D eigenvalue weighted by Crippen LogP contribution is 2.19. The Bertz CT molecular complexity index is 259. The van der Waals surface area contributed by atoms with Gasteiger partial charge in [0.1, 0.15) is 0 Å². The third-order valence-electron chi connectivity index (χ3n) is 2.37. The monoisotopic (exact) mass is 223 g/mol. The molecule has 0 spiro atoms. The third-order valence-corrected chi connectivity index (χ3v) is 4.37. The normalized spacial score (nSPS) is 23.9. The SMILES string of the molecule is COCC(CCO)N1CCCS1(=O)=O. The largest absolute Gasteiger partial charge is 0.396 e. The van der Waals surface area contributed by atoms with Crippen LogP contribution in [0.3, 0.4) is 0 Å². The van der Waals surface area contributed by atoms with Gasteiger partial charge in [0, 0.05) is 20.3 Å². The molecule has 0 aromatic heterocycles. The third kappa shape index (κ3) is 2.66. The summed E-state index contributed by atoms with van der Waals surface area (Å²) in [6.07, 6.45) is 1.11. The second kappa shape index (κ2) is 5.06. The fraction of sp³-hybridized carbons (Fsp3) is 1.00. The van der Waals surface area contributed by atoms with Crippen molar-refractivity contribution < 1.29 is 18.3 Å². The van der Waals surface area contributed by atoms with Gasteiger partial charge in [0.15, 0.2) is 0 Å². The minimum atomic E-state index is -3.09. The number of hydrogen-bond acceptors (Lipinski definition) is 4. The molecule has 1 N–H and O–H groups in total. The number of aliphatic hydroxyl groups is 1. The van der Waals surface area contributed by atoms with Crippen LogP contribution in [0, 0.1) is 0 Å². The molecule has 1 saturated heterocycles. The first kappa shape index (κ1) is 11.9. The van der Waals surface area contributed by atoms with Gasteiger partial charge in [-0.25, -0.2) is 8.42 Å². The van der Waals surface area contributed by atoms with Crippen molar-refractivity contribution in [2.75, 3.05) is 32.6 Å². The highest BCUT2D eigenvalue weighted by atomic mass is 32.2. The van der Waals surface area contributed by atoms with E-state index in [1.165, 1.54) is 11.4 Å². The van der Waals surface area contributed by atoms with Gasteiger partial charge in [-0.2, -0.15) is 4.31 Å². The topological polar surface area (TPSA) is 66.8 Å². The molecule has 6 heteroatoms. The van der Waals surface area contributed by atoms with Gasteiger partial charge in [-0.05, 0) is 12.8 Å². The van der Waals surface area contributed by atoms with Crippen LogP contribution in [-0.2, 0) is 14.8 Å². The summed E-state index contributed by atoms with van der Waals surface area (Å²) < 4.78 is 29.5. The van der Waals surface area contributed by atoms with Crippen LogP contribution in [0.5, 0.6) is 0 Å². The second-order valence-electron chi connectivity index (χ2n) is 3.40. The van der Waals surface area contributed by atoms with Crippen molar-refractivity contribution in [2.24, 2.45) is 0 Å². The zero-order valence-corrected chi connectivity index (χ0v) is 9.16. The van der Waals surface area contributed by atoms with Gasteiger partial charge in [0.2, 0.25) is 10.0 Å². The van der Waals surface area contributed by atoms with E-state index < -0.39 is 10.0 Å². The maximum atomic E-state index is 11.5. The summed E-state index contributed by atoms with van der Waals surface area (Å²) in [6.45, 7) is 0.885. The second-order valence-corrected chi connectivity index (χ2v) is 5.44. The maximum Gasteiger partial charge on any atom is 0.214 e. The first-order chi connectivity index (χ1) is 6.61. The smallest absolute Gasteiger partial charge is 0.214 e. The molecule has 14 heavy (non-hydrogen) atoms. The average Bonchev–Trinajstić information content (AvgIpc) is 2.45. The number of ether oxygens (including phenoxy) is 1. The van der Waals surface area contributed by atoms with E-state index in [1.807, 2.05) is 0 Å². The molecule has 0 bridgehead atoms. The molecule has 5 nitrogen and oxygen atoms in total. The van der Waals surface area contributed by atoms with Gasteiger partial charge < -0.3 is 9.84 Å². The average molecular weight is 223 g/mol. The molecule has 1 aliphatic heterocycles. The molecule has 0 aromatic rings. The Hall–Kier alpha value is -0.170. The number of rotatable bonds is 5. The lowest BCUT2D eigenvalue weighted by atomic mass is 10.2. The van der Waals surface area contributed by atoms with Crippen molar-refractivity contribution in [3.05, 3.63) is 0 Å². The Balaban J connectivity index is 2.67. The Morgan fingerprint density at radius 2 is 2.29 bits per heavy atom. The van der Waals surface area contributed by atoms with Crippen LogP contribution in [0.1, 0.15) is 12.8 Å². The van der Waals surface area contributed by atoms with Crippen molar-refractivity contribution in [3.8, 4) is 0 Å². The molecule has 0 aromatic carbocycles. The van der Waals surface area contributed by atoms with Gasteiger partial charge in [0.05, 0.1) is 18.4 Å². The number of methoxy groups -OCH3 is 1. The van der Waals surface area contributed by atoms with Crippen LogP contribution in [0.4, 0.5) is 0 Å². The highest BCUT2D eigenvalue weighted by Gasteiger charge is 2.33. The fourth-order valence-corrected chi connectivity index (χ4v) is 3.48. The Labute approximate surface area is 84.7 Å². The predicted molar refractivity (Wildman–Crippen MR) is 52.5 cm³/mol. The maximum absolute atomic E-state index is 11.5. The Morgan fingerprint density at radius 1 is 1.57 bits per heavy atom. The van der Waals surface area contributed by atoms with Crippen molar-refractivity contribution in [1.29, 1.82) is 0 Å². The lowest BCUT2D eigenvalue weighted by molar-refractivity contribution is 0.117. The lowest BCUT2D eigenvalue weighted by Crippen LogP contribution is -2.40. The van der Waals surface area contributed by atoms with Gasteiger partial charge in [0.25, 0.3) is 0 Å². The molecule has 0 radical (unpaired) electrons. The quantitative estimate of drug-likeness (QED) is 0.677. The van der Waals surface area contributed by atoms with E-state index >= 15 is 0 Å². The van der Waals surface area contributed by atoms with Crippen molar-refractivity contribution in [2.45, 2.75) is 18.9 Å². The lowest BCUT2D eigenvalue weighted by Gasteiger charge is -2.24. The van der Waals surface area contributed by atoms with E-state index in [4.69, 9.17) is 9.84 Å². The first-order valence-electron chi connectivity index (χ1n) is 4.71. The molecule has 1 heterocycles. The molecule has 1 fully saturated rings. The molecule has 0 saturated carbocycles. The van der Waals surface area contributed by atoms with Gasteiger partial charge in [-0.3, -0.25) is 0 Å². The van der Waals surface area contributed by atoms with Gasteiger partial charge in [-0.1, -0.05) is 0 Å². The van der Waals surface area contributed by atoms with E-state index in [0.717, 1.165) is 0 Å². The predicted octanol–water partition coefficient (Wildman–Crippen LogP) is -0.581. The van der Waals surface area contributed by atoms with E-state index in [0.29, 0.717) is 26.0 Å². The summed E-state index contributed by atoms with van der Waals surface area (Å²) >= 11 is 0. The van der Waals surface area contributed by atoms with Gasteiger partial charge >= 0.3 is 0 Å². The first-order valence-corrected chi connectivity index (χ1v) is 6.32. The highest BCUT2D eigenvalue weighted by molar-refractivity contribution is 7.89. The molecular weight excluding hydrogens is 206 g/mol. The van der Waals surface area contributed by atoms with E-state index in [-0.39, 0.29) is 18.4 Å². The number of nitrogens with zero attached hydrogens (tertiary/aromatic N) is 1. The summed E-state index contributed by atoms with van der Waals surface area (Å²) in [5.74, 6) is 0.221. The Kier molecular flexibility index (Phi) is 4.31. The number of hydrogen-bond donors (Lipinski definition) is 1. The minimum absolute atomic E-state index is 0.0138. The van der Waals surface area contributed by atoms with Crippen molar-refractivity contribution >= 4 is 10.0 Å². The molecule has 0 aliphatic carbocycles. The zero-order chi connectivity index (χ0) is 10.6. The molecule has 84 valence electrons. The van der Waals surface area contributed by atoms with E-state index in [1.54, 1.807) is 0 Å². The molecule has 1 rings (SSSR count).